The quantitative estimate of drug-likeness (QED) is 0.888. The van der Waals surface area contributed by atoms with Crippen molar-refractivity contribution in [2.24, 2.45) is 0 Å². The maximum absolute atomic E-state index is 8.93. The zero-order valence-corrected chi connectivity index (χ0v) is 11.0. The third-order valence-corrected chi connectivity index (χ3v) is 3.02. The van der Waals surface area contributed by atoms with Crippen LogP contribution in [0.2, 0.25) is 0 Å². The third kappa shape index (κ3) is 3.90. The molecule has 19 heavy (non-hydrogen) atoms. The van der Waals surface area contributed by atoms with E-state index in [1.807, 2.05) is 49.5 Å². The van der Waals surface area contributed by atoms with E-state index >= 15 is 0 Å². The van der Waals surface area contributed by atoms with Crippen LogP contribution in [-0.4, -0.2) is 4.98 Å². The predicted octanol–water partition coefficient (Wildman–Crippen LogP) is 3.13. The summed E-state index contributed by atoms with van der Waals surface area (Å²) in [5, 5.41) is 12.3. The van der Waals surface area contributed by atoms with Gasteiger partial charge in [-0.1, -0.05) is 36.4 Å². The molecule has 0 aliphatic carbocycles. The minimum absolute atomic E-state index is 0.0625. The second-order valence-corrected chi connectivity index (χ2v) is 4.51. The summed E-state index contributed by atoms with van der Waals surface area (Å²) in [5.74, 6) is 0. The van der Waals surface area contributed by atoms with Gasteiger partial charge in [-0.2, -0.15) is 5.26 Å². The molecule has 0 amide bonds. The maximum atomic E-state index is 8.93. The highest BCUT2D eigenvalue weighted by molar-refractivity contribution is 5.20. The molecule has 0 aliphatic heterocycles. The average Bonchev–Trinajstić information content (AvgIpc) is 2.46. The van der Waals surface area contributed by atoms with E-state index in [9.17, 15) is 0 Å². The molecule has 1 aromatic heterocycles. The zero-order valence-electron chi connectivity index (χ0n) is 11.0. The van der Waals surface area contributed by atoms with Gasteiger partial charge < -0.3 is 5.32 Å². The molecule has 96 valence electrons. The van der Waals surface area contributed by atoms with E-state index < -0.39 is 0 Å². The van der Waals surface area contributed by atoms with E-state index in [2.05, 4.69) is 22.4 Å². The van der Waals surface area contributed by atoms with Crippen molar-refractivity contribution < 1.29 is 0 Å². The molecule has 0 saturated carbocycles. The van der Waals surface area contributed by atoms with Crippen molar-refractivity contribution in [3.63, 3.8) is 0 Å². The summed E-state index contributed by atoms with van der Waals surface area (Å²) in [6.45, 7) is 2.69. The molecule has 1 heterocycles. The Morgan fingerprint density at radius 3 is 2.63 bits per heavy atom. The molecule has 1 unspecified atom stereocenters. The van der Waals surface area contributed by atoms with Crippen LogP contribution in [0.15, 0.2) is 48.7 Å². The number of benzene rings is 1. The van der Waals surface area contributed by atoms with Gasteiger partial charge in [-0.15, -0.1) is 0 Å². The van der Waals surface area contributed by atoms with Gasteiger partial charge in [-0.25, -0.2) is 0 Å². The van der Waals surface area contributed by atoms with Crippen molar-refractivity contribution in [1.82, 2.24) is 10.3 Å². The second kappa shape index (κ2) is 6.67. The summed E-state index contributed by atoms with van der Waals surface area (Å²) in [6, 6.07) is 16.4. The van der Waals surface area contributed by atoms with E-state index in [4.69, 9.17) is 5.26 Å². The largest absolute Gasteiger partial charge is 0.305 e. The van der Waals surface area contributed by atoms with Gasteiger partial charge in [0, 0.05) is 24.5 Å². The Bertz CT molecular complexity index is 540. The van der Waals surface area contributed by atoms with Crippen LogP contribution in [0.1, 0.15) is 29.3 Å². The number of hydrogen-bond donors (Lipinski definition) is 1. The van der Waals surface area contributed by atoms with Gasteiger partial charge >= 0.3 is 0 Å². The van der Waals surface area contributed by atoms with Crippen LogP contribution in [0.25, 0.3) is 0 Å². The molecule has 2 aromatic rings. The van der Waals surface area contributed by atoms with Gasteiger partial charge in [0.05, 0.1) is 12.5 Å². The van der Waals surface area contributed by atoms with Crippen LogP contribution in [-0.2, 0) is 6.54 Å². The first-order chi connectivity index (χ1) is 9.29. The molecule has 0 aliphatic rings. The lowest BCUT2D eigenvalue weighted by atomic mass is 10.0. The molecule has 1 atom stereocenters. The smallest absolute Gasteiger partial charge is 0.0641 e. The Morgan fingerprint density at radius 1 is 1.21 bits per heavy atom. The third-order valence-electron chi connectivity index (χ3n) is 3.02. The number of nitriles is 1. The Morgan fingerprint density at radius 2 is 2.00 bits per heavy atom. The van der Waals surface area contributed by atoms with E-state index in [-0.39, 0.29) is 6.04 Å². The van der Waals surface area contributed by atoms with Crippen LogP contribution < -0.4 is 5.32 Å². The lowest BCUT2D eigenvalue weighted by molar-refractivity contribution is 0.542. The minimum Gasteiger partial charge on any atom is -0.305 e. The number of nitrogens with one attached hydrogen (secondary N) is 1. The number of rotatable bonds is 5. The summed E-state index contributed by atoms with van der Waals surface area (Å²) in [6.07, 6.45) is 2.33. The fourth-order valence-corrected chi connectivity index (χ4v) is 1.93. The van der Waals surface area contributed by atoms with Crippen molar-refractivity contribution in [3.8, 4) is 6.07 Å². The van der Waals surface area contributed by atoms with E-state index in [0.29, 0.717) is 13.0 Å². The van der Waals surface area contributed by atoms with Crippen molar-refractivity contribution in [1.29, 1.82) is 5.26 Å². The highest BCUT2D eigenvalue weighted by Gasteiger charge is 2.09. The summed E-state index contributed by atoms with van der Waals surface area (Å²) in [4.78, 5) is 4.27. The summed E-state index contributed by atoms with van der Waals surface area (Å²) in [7, 11) is 0. The van der Waals surface area contributed by atoms with Gasteiger partial charge in [0.25, 0.3) is 0 Å². The Labute approximate surface area is 113 Å². The topological polar surface area (TPSA) is 48.7 Å². The Kier molecular flexibility index (Phi) is 4.66. The molecule has 1 N–H and O–H groups in total. The number of nitrogens with zero attached hydrogens (tertiary/aromatic N) is 2. The van der Waals surface area contributed by atoms with Gasteiger partial charge in [0.1, 0.15) is 0 Å². The van der Waals surface area contributed by atoms with Crippen molar-refractivity contribution in [2.45, 2.75) is 25.9 Å². The van der Waals surface area contributed by atoms with Gasteiger partial charge in [-0.05, 0) is 24.1 Å². The molecule has 0 fully saturated rings. The van der Waals surface area contributed by atoms with Gasteiger partial charge in [0.2, 0.25) is 0 Å². The summed E-state index contributed by atoms with van der Waals surface area (Å²) < 4.78 is 0. The normalized spacial score (nSPS) is 11.8. The lowest BCUT2D eigenvalue weighted by Gasteiger charge is -2.16. The molecular formula is C16H17N3. The second-order valence-electron chi connectivity index (χ2n) is 4.51. The van der Waals surface area contributed by atoms with Crippen LogP contribution in [0, 0.1) is 18.3 Å². The van der Waals surface area contributed by atoms with Crippen LogP contribution in [0.3, 0.4) is 0 Å². The van der Waals surface area contributed by atoms with Crippen molar-refractivity contribution >= 4 is 0 Å². The first kappa shape index (κ1) is 13.3. The van der Waals surface area contributed by atoms with Crippen molar-refractivity contribution in [2.75, 3.05) is 0 Å². The fourth-order valence-electron chi connectivity index (χ4n) is 1.93. The Balaban J connectivity index is 2.02. The minimum atomic E-state index is 0.0625. The molecule has 3 heteroatoms. The fraction of sp³-hybridized carbons (Fsp3) is 0.250. The van der Waals surface area contributed by atoms with Gasteiger partial charge in [-0.3, -0.25) is 4.98 Å². The first-order valence-corrected chi connectivity index (χ1v) is 6.36. The highest BCUT2D eigenvalue weighted by Crippen LogP contribution is 2.16. The first-order valence-electron chi connectivity index (χ1n) is 6.36. The molecule has 1 aromatic carbocycles. The summed E-state index contributed by atoms with van der Waals surface area (Å²) in [5.41, 5.74) is 3.29. The summed E-state index contributed by atoms with van der Waals surface area (Å²) >= 11 is 0. The molecule has 2 rings (SSSR count). The standard InChI is InChI=1S/C16H17N3/c1-13-7-8-14(11-18-13)12-19-16(9-10-17)15-5-3-2-4-6-15/h2-8,11,16,19H,9,12H2,1H3. The lowest BCUT2D eigenvalue weighted by Crippen LogP contribution is -2.20. The predicted molar refractivity (Wildman–Crippen MR) is 75.2 cm³/mol. The molecule has 0 saturated heterocycles. The van der Waals surface area contributed by atoms with E-state index in [1.54, 1.807) is 0 Å². The number of hydrogen-bond acceptors (Lipinski definition) is 3. The zero-order chi connectivity index (χ0) is 13.5. The molecule has 3 nitrogen and oxygen atoms in total. The number of aryl methyl sites for hydroxylation is 1. The van der Waals surface area contributed by atoms with Crippen molar-refractivity contribution in [3.05, 3.63) is 65.5 Å². The maximum Gasteiger partial charge on any atom is 0.0641 e. The highest BCUT2D eigenvalue weighted by atomic mass is 14.9. The Hall–Kier alpha value is -2.18. The van der Waals surface area contributed by atoms with Crippen LogP contribution >= 0.6 is 0 Å². The van der Waals surface area contributed by atoms with E-state index in [0.717, 1.165) is 16.8 Å². The van der Waals surface area contributed by atoms with E-state index in [1.165, 1.54) is 0 Å². The molecule has 0 bridgehead atoms. The molecular weight excluding hydrogens is 234 g/mol. The number of aromatic nitrogens is 1. The molecule has 0 radical (unpaired) electrons. The monoisotopic (exact) mass is 251 g/mol. The SMILES string of the molecule is Cc1ccc(CNC(CC#N)c2ccccc2)cn1. The number of pyridine rings is 1. The van der Waals surface area contributed by atoms with Crippen LogP contribution in [0.5, 0.6) is 0 Å². The average molecular weight is 251 g/mol. The molecule has 0 spiro atoms. The van der Waals surface area contributed by atoms with Gasteiger partial charge in [0.15, 0.2) is 0 Å². The van der Waals surface area contributed by atoms with Crippen LogP contribution in [0.4, 0.5) is 0 Å².